The molecule has 11 heteroatoms. The zero-order chi connectivity index (χ0) is 72.6. The van der Waals surface area contributed by atoms with Crippen LogP contribution in [0, 0.1) is 36.0 Å². The number of hydrogen-bond acceptors (Lipinski definition) is 9. The number of aromatic amines is 2. The van der Waals surface area contributed by atoms with Gasteiger partial charge in [0.1, 0.15) is 23.0 Å². The maximum absolute atomic E-state index is 7.02. The highest BCUT2D eigenvalue weighted by atomic mass is 32.2. The van der Waals surface area contributed by atoms with Crippen molar-refractivity contribution in [2.75, 3.05) is 37.9 Å². The first-order valence-corrected chi connectivity index (χ1v) is 41.8. The first kappa shape index (κ1) is 77.3. The van der Waals surface area contributed by atoms with Crippen molar-refractivity contribution in [3.8, 4) is 81.3 Å². The van der Waals surface area contributed by atoms with Crippen LogP contribution in [0.1, 0.15) is 276 Å². The molecule has 2 N–H and O–H groups in total. The minimum atomic E-state index is 0.570. The molecule has 11 rings (SSSR count). The van der Waals surface area contributed by atoms with Crippen LogP contribution in [0.3, 0.4) is 0 Å². The van der Waals surface area contributed by atoms with E-state index in [0.717, 1.165) is 175 Å². The van der Waals surface area contributed by atoms with Gasteiger partial charge in [-0.25, -0.2) is 9.97 Å². The average molecular weight is 1440 g/mol. The molecule has 3 aliphatic rings. The van der Waals surface area contributed by atoms with Gasteiger partial charge in [-0.2, -0.15) is 0 Å². The average Bonchev–Trinajstić information content (AvgIpc) is 1.75. The van der Waals surface area contributed by atoms with Crippen molar-refractivity contribution in [2.45, 2.75) is 237 Å². The summed E-state index contributed by atoms with van der Waals surface area (Å²) in [5, 5.41) is 0. The lowest BCUT2D eigenvalue weighted by Crippen LogP contribution is -2.22. The van der Waals surface area contributed by atoms with Crippen molar-refractivity contribution in [1.82, 2.24) is 19.9 Å². The number of para-hydroxylation sites is 1. The van der Waals surface area contributed by atoms with Gasteiger partial charge >= 0.3 is 0 Å². The molecule has 7 heterocycles. The molecule has 0 saturated heterocycles. The van der Waals surface area contributed by atoms with E-state index in [9.17, 15) is 0 Å². The molecule has 4 aromatic carbocycles. The number of fused-ring (bicyclic) bond motifs is 10. The normalized spacial score (nSPS) is 11.9. The number of unbranched alkanes of at least 4 members (excludes halogenated alkanes) is 25. The van der Waals surface area contributed by atoms with E-state index in [0.29, 0.717) is 32.1 Å². The molecule has 4 aromatic heterocycles. The van der Waals surface area contributed by atoms with Gasteiger partial charge in [-0.15, -0.1) is 17.8 Å². The van der Waals surface area contributed by atoms with Gasteiger partial charge in [0.25, 0.3) is 0 Å². The number of anilines is 2. The Morgan fingerprint density at radius 1 is 0.362 bits per heavy atom. The predicted octanol–water partition coefficient (Wildman–Crippen LogP) is 26.8. The third-order valence-corrected chi connectivity index (χ3v) is 22.1. The van der Waals surface area contributed by atoms with Crippen molar-refractivity contribution >= 4 is 80.8 Å². The number of nitrogens with one attached hydrogen (secondary N) is 2. The Labute approximate surface area is 636 Å². The van der Waals surface area contributed by atoms with Gasteiger partial charge in [-0.05, 0) is 147 Å². The summed E-state index contributed by atoms with van der Waals surface area (Å²) in [6.45, 7) is 14.6. The second-order valence-electron chi connectivity index (χ2n) is 28.2. The van der Waals surface area contributed by atoms with Gasteiger partial charge in [0, 0.05) is 44.1 Å². The summed E-state index contributed by atoms with van der Waals surface area (Å²) in [7, 11) is 0. The van der Waals surface area contributed by atoms with E-state index in [2.05, 4.69) is 207 Å². The van der Waals surface area contributed by atoms with Gasteiger partial charge in [0.2, 0.25) is 0 Å². The second-order valence-corrected chi connectivity index (χ2v) is 30.4. The number of thiophene rings is 1. The molecule has 3 aliphatic heterocycles. The molecule has 105 heavy (non-hydrogen) atoms. The number of hydrogen-bond donors (Lipinski definition) is 2. The summed E-state index contributed by atoms with van der Waals surface area (Å²) in [5.41, 5.74) is 14.3. The largest absolute Gasteiger partial charge is 0.493 e. The standard InChI is InChI=1S/C94H111N5O4S2/c1-7-13-18-23-28-35-64-99-83-42-33-34-47-89(83)105-90-63-49-70(69-84(90)99)48-53-73-75-55-59-79(95-75)91(93-85(100-65-36-29-24-19-14-8-2)43-40-44-86(93)101-66-37-30-25-20-15-9-3)81-61-57-77(97-81)74(54-52-72-51-50-71(12-6)104-72)78-58-62-82(98-78)92(80-60-56-76(73)96-80)94-87(102-67-38-31-26-21-16-10-4)45-41-46-88(94)103-68-39-32-27-22-17-11-5/h6,33-34,40-47,49-51,55-63,69,95,98H,7-11,13-32,35-39,64-68H2,1-5H3. The van der Waals surface area contributed by atoms with Crippen LogP contribution in [-0.4, -0.2) is 52.9 Å². The van der Waals surface area contributed by atoms with Crippen LogP contribution in [0.2, 0.25) is 0 Å². The molecule has 8 aromatic rings. The number of rotatable bonds is 41. The minimum Gasteiger partial charge on any atom is -0.493 e. The highest BCUT2D eigenvalue weighted by Gasteiger charge is 2.27. The van der Waals surface area contributed by atoms with Gasteiger partial charge in [-0.3, -0.25) is 0 Å². The lowest BCUT2D eigenvalue weighted by Gasteiger charge is -2.33. The summed E-state index contributed by atoms with van der Waals surface area (Å²) in [6, 6.07) is 40.7. The maximum Gasteiger partial charge on any atom is 0.131 e. The molecule has 8 bridgehead atoms. The smallest absolute Gasteiger partial charge is 0.131 e. The first-order valence-electron chi connectivity index (χ1n) is 40.1. The molecule has 548 valence electrons. The highest BCUT2D eigenvalue weighted by Crippen LogP contribution is 2.50. The van der Waals surface area contributed by atoms with E-state index < -0.39 is 0 Å². The lowest BCUT2D eigenvalue weighted by molar-refractivity contribution is 0.292. The van der Waals surface area contributed by atoms with Crippen LogP contribution >= 0.6 is 23.1 Å². The van der Waals surface area contributed by atoms with Crippen molar-refractivity contribution in [1.29, 1.82) is 0 Å². The van der Waals surface area contributed by atoms with Crippen molar-refractivity contribution in [3.05, 3.63) is 164 Å². The fraction of sp³-hybridized carbons (Fsp3) is 0.426. The number of ether oxygens (including phenoxy) is 4. The number of aromatic nitrogens is 4. The number of H-pyrrole nitrogens is 2. The Bertz CT molecular complexity index is 4400. The van der Waals surface area contributed by atoms with E-state index in [1.807, 2.05) is 23.9 Å². The topological polar surface area (TPSA) is 97.5 Å². The minimum absolute atomic E-state index is 0.570. The quantitative estimate of drug-likeness (QED) is 0.0289. The summed E-state index contributed by atoms with van der Waals surface area (Å²) < 4.78 is 28.1. The Morgan fingerprint density at radius 2 is 0.762 bits per heavy atom. The van der Waals surface area contributed by atoms with Gasteiger partial charge in [0.05, 0.1) is 104 Å². The van der Waals surface area contributed by atoms with Gasteiger partial charge in [0.15, 0.2) is 0 Å². The molecule has 0 atom stereocenters. The van der Waals surface area contributed by atoms with E-state index in [1.54, 1.807) is 0 Å². The summed E-state index contributed by atoms with van der Waals surface area (Å²) in [6.07, 6.45) is 49.5. The molecule has 0 spiro atoms. The summed E-state index contributed by atoms with van der Waals surface area (Å²) in [5.74, 6) is 20.6. The Balaban J connectivity index is 1.16. The first-order chi connectivity index (χ1) is 51.9. The fourth-order valence-electron chi connectivity index (χ4n) is 14.2. The highest BCUT2D eigenvalue weighted by molar-refractivity contribution is 7.99. The van der Waals surface area contributed by atoms with Crippen molar-refractivity contribution < 1.29 is 18.9 Å². The monoisotopic (exact) mass is 1440 g/mol. The van der Waals surface area contributed by atoms with Crippen LogP contribution in [0.5, 0.6) is 23.0 Å². The summed E-state index contributed by atoms with van der Waals surface area (Å²) >= 11 is 3.35. The molecule has 0 unspecified atom stereocenters. The Kier molecular flexibility index (Phi) is 30.8. The number of benzene rings is 4. The maximum atomic E-state index is 7.02. The molecule has 0 aliphatic carbocycles. The van der Waals surface area contributed by atoms with E-state index in [1.165, 1.54) is 167 Å². The fourth-order valence-corrected chi connectivity index (χ4v) is 15.9. The zero-order valence-electron chi connectivity index (χ0n) is 63.4. The lowest BCUT2D eigenvalue weighted by atomic mass is 10.0. The van der Waals surface area contributed by atoms with Crippen LogP contribution < -0.4 is 23.8 Å². The third kappa shape index (κ3) is 21.5. The van der Waals surface area contributed by atoms with Crippen molar-refractivity contribution in [3.63, 3.8) is 0 Å². The molecule has 9 nitrogen and oxygen atoms in total. The van der Waals surface area contributed by atoms with E-state index in [-0.39, 0.29) is 0 Å². The predicted molar refractivity (Wildman–Crippen MR) is 447 cm³/mol. The molecule has 0 amide bonds. The van der Waals surface area contributed by atoms with E-state index in [4.69, 9.17) is 35.3 Å². The Morgan fingerprint density at radius 3 is 1.22 bits per heavy atom. The second kappa shape index (κ2) is 41.8. The van der Waals surface area contributed by atoms with Crippen LogP contribution in [-0.2, 0) is 0 Å². The zero-order valence-corrected chi connectivity index (χ0v) is 65.0. The van der Waals surface area contributed by atoms with Crippen molar-refractivity contribution in [2.24, 2.45) is 0 Å². The van der Waals surface area contributed by atoms with E-state index >= 15 is 0 Å². The molecule has 0 fully saturated rings. The van der Waals surface area contributed by atoms with Gasteiger partial charge < -0.3 is 33.8 Å². The molecular formula is C94H111N5O4S2. The SMILES string of the molecule is C#Cc1ccc(C#Cc2c3nc(c(-c4c(OCCCCCCCC)cccc4OCCCCCCCC)c4ccc([nH]4)c(C#Cc4ccc5c(c4)N(CCCCCCCC)c4ccccc4S5)c4nc(c(-c5c(OCCCCCCCC)cccc5OCCCCCCCC)c5ccc2[nH]5)C=C4)C=C3)s1. The number of terminal acetylenes is 1. The third-order valence-electron chi connectivity index (χ3n) is 20.0. The molecular weight excluding hydrogens is 1330 g/mol. The molecule has 0 radical (unpaired) electrons. The van der Waals surface area contributed by atoms with Crippen LogP contribution in [0.25, 0.3) is 68.6 Å². The van der Waals surface area contributed by atoms with Crippen LogP contribution in [0.15, 0.2) is 125 Å². The Hall–Kier alpha value is -8.79. The number of nitrogens with zero attached hydrogens (tertiary/aromatic N) is 3. The van der Waals surface area contributed by atoms with Crippen LogP contribution in [0.4, 0.5) is 11.4 Å². The summed E-state index contributed by atoms with van der Waals surface area (Å²) in [4.78, 5) is 26.2. The van der Waals surface area contributed by atoms with Gasteiger partial charge in [-0.1, -0.05) is 261 Å². The molecule has 0 saturated carbocycles.